The molecule has 8 heteroatoms. The molecule has 0 aliphatic heterocycles. The highest BCUT2D eigenvalue weighted by molar-refractivity contribution is 5.77. The fourth-order valence-corrected chi connectivity index (χ4v) is 4.03. The normalized spacial score (nSPS) is 11.8. The van der Waals surface area contributed by atoms with Crippen molar-refractivity contribution in [1.82, 2.24) is 15.0 Å². The Bertz CT molecular complexity index is 1430. The van der Waals surface area contributed by atoms with Crippen molar-refractivity contribution in [3.05, 3.63) is 83.2 Å². The van der Waals surface area contributed by atoms with Gasteiger partial charge < -0.3 is 14.4 Å². The zero-order valence-electron chi connectivity index (χ0n) is 21.6. The third-order valence-corrected chi connectivity index (χ3v) is 6.71. The molecule has 0 fully saturated rings. The Morgan fingerprint density at radius 1 is 1.05 bits per heavy atom. The molecule has 0 unspecified atom stereocenters. The number of likely N-dealkylation sites (N-methyl/N-ethyl adjacent to an activating group) is 1. The lowest BCUT2D eigenvalue weighted by Crippen LogP contribution is -2.47. The second-order valence-corrected chi connectivity index (χ2v) is 9.57. The van der Waals surface area contributed by atoms with Crippen LogP contribution in [0.1, 0.15) is 30.5 Å². The number of carboxylic acids is 1. The van der Waals surface area contributed by atoms with Crippen molar-refractivity contribution in [2.45, 2.75) is 39.5 Å². The van der Waals surface area contributed by atoms with Crippen LogP contribution >= 0.6 is 0 Å². The zero-order chi connectivity index (χ0) is 26.7. The molecule has 0 radical (unpaired) electrons. The number of carboxylic acid groups (broad SMARTS) is 1. The third-order valence-electron chi connectivity index (χ3n) is 6.71. The minimum Gasteiger partial charge on any atom is -0.480 e. The first kappa shape index (κ1) is 26.2. The summed E-state index contributed by atoms with van der Waals surface area (Å²) in [7, 11) is 3.30. The van der Waals surface area contributed by atoms with Crippen LogP contribution in [0.15, 0.2) is 65.2 Å². The molecular formula is C29H30FN3O4. The summed E-state index contributed by atoms with van der Waals surface area (Å²) >= 11 is 0. The summed E-state index contributed by atoms with van der Waals surface area (Å²) in [5.74, 6) is -0.874. The molecular weight excluding hydrogens is 473 g/mol. The maximum absolute atomic E-state index is 14.9. The smallest absolute Gasteiger partial charge is 0.323 e. The molecule has 37 heavy (non-hydrogen) atoms. The maximum Gasteiger partial charge on any atom is 0.323 e. The van der Waals surface area contributed by atoms with E-state index in [1.165, 1.54) is 6.07 Å². The van der Waals surface area contributed by atoms with Gasteiger partial charge in [0, 0.05) is 30.3 Å². The molecule has 192 valence electrons. The van der Waals surface area contributed by atoms with Gasteiger partial charge in [-0.25, -0.2) is 4.39 Å². The molecule has 0 atom stereocenters. The topological polar surface area (TPSA) is 88.7 Å². The predicted octanol–water partition coefficient (Wildman–Crippen LogP) is 5.96. The molecule has 0 aliphatic carbocycles. The number of aliphatic carboxylic acids is 1. The van der Waals surface area contributed by atoms with E-state index in [1.807, 2.05) is 30.3 Å². The summed E-state index contributed by atoms with van der Waals surface area (Å²) in [5.41, 5.74) is 4.78. The number of aryl methyl sites for hydroxylation is 1. The third kappa shape index (κ3) is 5.45. The number of hydrogen-bond acceptors (Lipinski definition) is 6. The second kappa shape index (κ2) is 10.6. The monoisotopic (exact) mass is 503 g/mol. The van der Waals surface area contributed by atoms with E-state index in [2.05, 4.69) is 29.2 Å². The Kier molecular flexibility index (Phi) is 7.52. The number of carbonyl (C=O) groups is 1. The van der Waals surface area contributed by atoms with E-state index >= 15 is 0 Å². The molecule has 7 nitrogen and oxygen atoms in total. The van der Waals surface area contributed by atoms with Crippen LogP contribution < -0.4 is 0 Å². The van der Waals surface area contributed by atoms with Crippen LogP contribution in [0.3, 0.4) is 0 Å². The quantitative estimate of drug-likeness (QED) is 0.301. The summed E-state index contributed by atoms with van der Waals surface area (Å²) in [6.45, 7) is 5.78. The lowest BCUT2D eigenvalue weighted by atomic mass is 9.94. The first-order valence-corrected chi connectivity index (χ1v) is 11.9. The van der Waals surface area contributed by atoms with Crippen LogP contribution in [0.5, 0.6) is 0 Å². The highest BCUT2D eigenvalue weighted by Crippen LogP contribution is 2.32. The van der Waals surface area contributed by atoms with Gasteiger partial charge in [-0.1, -0.05) is 47.6 Å². The average molecular weight is 504 g/mol. The first-order valence-electron chi connectivity index (χ1n) is 11.9. The van der Waals surface area contributed by atoms with Crippen molar-refractivity contribution in [2.75, 3.05) is 14.2 Å². The summed E-state index contributed by atoms with van der Waals surface area (Å²) < 4.78 is 25.9. The van der Waals surface area contributed by atoms with Crippen LogP contribution in [-0.4, -0.2) is 45.8 Å². The minimum absolute atomic E-state index is 0.137. The van der Waals surface area contributed by atoms with Gasteiger partial charge in [-0.15, -0.1) is 0 Å². The van der Waals surface area contributed by atoms with Crippen molar-refractivity contribution in [2.24, 2.45) is 0 Å². The van der Waals surface area contributed by atoms with Gasteiger partial charge in [-0.2, -0.15) is 4.98 Å². The molecule has 0 aliphatic rings. The van der Waals surface area contributed by atoms with Crippen LogP contribution in [0.4, 0.5) is 4.39 Å². The van der Waals surface area contributed by atoms with E-state index in [4.69, 9.17) is 9.26 Å². The van der Waals surface area contributed by atoms with Crippen LogP contribution in [0.25, 0.3) is 34.0 Å². The lowest BCUT2D eigenvalue weighted by Gasteiger charge is -2.31. The van der Waals surface area contributed by atoms with E-state index in [0.29, 0.717) is 23.6 Å². The zero-order valence-corrected chi connectivity index (χ0v) is 21.6. The molecule has 0 saturated heterocycles. The largest absolute Gasteiger partial charge is 0.480 e. The van der Waals surface area contributed by atoms with E-state index in [-0.39, 0.29) is 12.4 Å². The van der Waals surface area contributed by atoms with Crippen LogP contribution in [0, 0.1) is 12.7 Å². The fraction of sp³-hybridized carbons (Fsp3) is 0.276. The van der Waals surface area contributed by atoms with Gasteiger partial charge in [-0.3, -0.25) is 9.69 Å². The van der Waals surface area contributed by atoms with Crippen molar-refractivity contribution >= 4 is 5.97 Å². The number of hydrogen-bond donors (Lipinski definition) is 1. The highest BCUT2D eigenvalue weighted by Gasteiger charge is 2.32. The van der Waals surface area contributed by atoms with E-state index in [0.717, 1.165) is 27.8 Å². The Balaban J connectivity index is 1.60. The van der Waals surface area contributed by atoms with Gasteiger partial charge in [0.2, 0.25) is 5.82 Å². The van der Waals surface area contributed by atoms with Crippen LogP contribution in [0.2, 0.25) is 0 Å². The van der Waals surface area contributed by atoms with Gasteiger partial charge >= 0.3 is 5.97 Å². The summed E-state index contributed by atoms with van der Waals surface area (Å²) in [6.07, 6.45) is 0. The summed E-state index contributed by atoms with van der Waals surface area (Å²) in [4.78, 5) is 17.6. The average Bonchev–Trinajstić information content (AvgIpc) is 3.36. The minimum atomic E-state index is -1.13. The Morgan fingerprint density at radius 2 is 1.78 bits per heavy atom. The number of nitrogens with zero attached hydrogens (tertiary/aromatic N) is 3. The van der Waals surface area contributed by atoms with Gasteiger partial charge in [0.05, 0.1) is 6.61 Å². The van der Waals surface area contributed by atoms with E-state index in [9.17, 15) is 14.3 Å². The van der Waals surface area contributed by atoms with E-state index < -0.39 is 17.3 Å². The first-order chi connectivity index (χ1) is 17.6. The lowest BCUT2D eigenvalue weighted by molar-refractivity contribution is -0.148. The highest BCUT2D eigenvalue weighted by atomic mass is 19.1. The van der Waals surface area contributed by atoms with Crippen molar-refractivity contribution in [1.29, 1.82) is 0 Å². The molecule has 0 spiro atoms. The molecule has 0 bridgehead atoms. The van der Waals surface area contributed by atoms with Gasteiger partial charge in [0.25, 0.3) is 5.89 Å². The van der Waals surface area contributed by atoms with Crippen LogP contribution in [-0.2, 0) is 22.7 Å². The number of rotatable bonds is 9. The molecule has 0 amide bonds. The van der Waals surface area contributed by atoms with Gasteiger partial charge in [-0.05, 0) is 68.3 Å². The molecule has 4 aromatic rings. The summed E-state index contributed by atoms with van der Waals surface area (Å²) in [5, 5.41) is 13.5. The fourth-order valence-electron chi connectivity index (χ4n) is 4.03. The Hall–Kier alpha value is -3.88. The maximum atomic E-state index is 14.9. The predicted molar refractivity (Wildman–Crippen MR) is 139 cm³/mol. The van der Waals surface area contributed by atoms with Crippen molar-refractivity contribution < 1.29 is 23.6 Å². The molecule has 3 aromatic carbocycles. The van der Waals surface area contributed by atoms with Gasteiger partial charge in [0.1, 0.15) is 11.4 Å². The Morgan fingerprint density at radius 3 is 2.46 bits per heavy atom. The Labute approximate surface area is 215 Å². The molecule has 1 N–H and O–H groups in total. The second-order valence-electron chi connectivity index (χ2n) is 9.57. The van der Waals surface area contributed by atoms with E-state index in [1.54, 1.807) is 45.0 Å². The molecule has 4 rings (SSSR count). The summed E-state index contributed by atoms with van der Waals surface area (Å²) in [6, 6.07) is 18.7. The number of ether oxygens (including phenoxy) is 1. The van der Waals surface area contributed by atoms with Crippen molar-refractivity contribution in [3.8, 4) is 34.0 Å². The van der Waals surface area contributed by atoms with Crippen molar-refractivity contribution in [3.63, 3.8) is 0 Å². The van der Waals surface area contributed by atoms with Gasteiger partial charge in [0.15, 0.2) is 0 Å². The SMILES string of the molecule is COCc1cc(-c2nc(-c3ccc(CN(C)C(C)(C)C(=O)O)c(F)c3)no2)ccc1-c1ccccc1C. The molecule has 0 saturated carbocycles. The standard InChI is InChI=1S/C29H30FN3O4/c1-18-8-6-7-9-23(18)24-13-12-20(14-22(24)17-36-5)27-31-26(32-37-27)19-10-11-21(25(30)15-19)16-33(4)29(2,3)28(34)35/h6-15H,16-17H2,1-5H3,(H,34,35). The number of benzene rings is 3. The number of halogens is 1. The number of methoxy groups -OCH3 is 1. The molecule has 1 aromatic heterocycles. The number of aromatic nitrogens is 2. The molecule has 1 heterocycles.